The smallest absolute Gasteiger partial charge is 0.307 e. The van der Waals surface area contributed by atoms with Gasteiger partial charge < -0.3 is 49.0 Å². The third-order valence-corrected chi connectivity index (χ3v) is 9.52. The van der Waals surface area contributed by atoms with Gasteiger partial charge in [0.2, 0.25) is 5.78 Å². The minimum atomic E-state index is -2.26. The van der Waals surface area contributed by atoms with E-state index in [1.54, 1.807) is 25.9 Å². The standard InChI is InChI=1S/C35H43NO13/c1-6-7-11-24(38)47-16-46-15-23(37)35(44)13-19-27(22(14-35)49-25-12-20(36(3)4)30(39)17(2)48-25)34(43)29-28(32(19)41)31(40)18-9-8-10-21(45-5)26(18)33(29)42/h8-10,17,20,22,25,30,39,41,43-44H,6-7,11-16H2,1-5H3/t17-,20-,22-,25-,30+,35-/m0/s1. The van der Waals surface area contributed by atoms with Crippen molar-refractivity contribution in [1.82, 2.24) is 4.90 Å². The number of carbonyl (C=O) groups excluding carboxylic acids is 4. The van der Waals surface area contributed by atoms with Crippen molar-refractivity contribution in [1.29, 1.82) is 0 Å². The molecule has 0 saturated carbocycles. The number of Topliss-reactive ketones (excluding diaryl/α,β-unsaturated/α-hetero) is 1. The number of aromatic hydroxyl groups is 2. The lowest BCUT2D eigenvalue weighted by atomic mass is 9.72. The number of unbranched alkanes of at least 4 members (excludes halogenated alkanes) is 1. The topological polar surface area (TPSA) is 199 Å². The number of carbonyl (C=O) groups is 4. The van der Waals surface area contributed by atoms with Gasteiger partial charge in [0, 0.05) is 48.4 Å². The molecular weight excluding hydrogens is 642 g/mol. The van der Waals surface area contributed by atoms with Gasteiger partial charge in [0.1, 0.15) is 29.5 Å². The van der Waals surface area contributed by atoms with E-state index in [4.69, 9.17) is 23.7 Å². The number of ketones is 3. The fourth-order valence-corrected chi connectivity index (χ4v) is 6.83. The summed E-state index contributed by atoms with van der Waals surface area (Å²) in [6.45, 7) is 2.38. The average molecular weight is 686 g/mol. The Kier molecular flexibility index (Phi) is 10.8. The molecule has 2 aliphatic carbocycles. The van der Waals surface area contributed by atoms with Crippen LogP contribution >= 0.6 is 0 Å². The highest BCUT2D eigenvalue weighted by atomic mass is 16.7. The molecule has 2 aromatic rings. The fraction of sp³-hybridized carbons (Fsp3) is 0.543. The number of phenolic OH excluding ortho intramolecular Hbond substituents is 2. The molecule has 0 radical (unpaired) electrons. The molecule has 5 rings (SSSR count). The van der Waals surface area contributed by atoms with Crippen LogP contribution in [0.3, 0.4) is 0 Å². The first-order valence-electron chi connectivity index (χ1n) is 16.2. The van der Waals surface area contributed by atoms with Crippen LogP contribution in [0.25, 0.3) is 0 Å². The maximum Gasteiger partial charge on any atom is 0.307 e. The van der Waals surface area contributed by atoms with Crippen LogP contribution in [0.2, 0.25) is 0 Å². The van der Waals surface area contributed by atoms with Crippen molar-refractivity contribution < 1.29 is 63.3 Å². The summed E-state index contributed by atoms with van der Waals surface area (Å²) in [6.07, 6.45) is -3.18. The molecule has 0 spiro atoms. The Morgan fingerprint density at radius 2 is 1.80 bits per heavy atom. The van der Waals surface area contributed by atoms with E-state index in [0.29, 0.717) is 6.42 Å². The summed E-state index contributed by atoms with van der Waals surface area (Å²) in [5.41, 5.74) is -3.61. The molecule has 14 nitrogen and oxygen atoms in total. The van der Waals surface area contributed by atoms with Crippen LogP contribution in [0.15, 0.2) is 18.2 Å². The van der Waals surface area contributed by atoms with Crippen LogP contribution in [-0.2, 0) is 35.0 Å². The van der Waals surface area contributed by atoms with E-state index in [1.807, 2.05) is 6.92 Å². The molecule has 3 aliphatic rings. The molecule has 1 aliphatic heterocycles. The lowest BCUT2D eigenvalue weighted by Gasteiger charge is -2.44. The van der Waals surface area contributed by atoms with E-state index in [2.05, 4.69) is 0 Å². The second kappa shape index (κ2) is 14.5. The first-order chi connectivity index (χ1) is 23.2. The molecule has 0 amide bonds. The number of nitrogens with zero attached hydrogens (tertiary/aromatic N) is 1. The highest BCUT2D eigenvalue weighted by Gasteiger charge is 2.50. The fourth-order valence-electron chi connectivity index (χ4n) is 6.83. The number of hydrogen-bond acceptors (Lipinski definition) is 14. The highest BCUT2D eigenvalue weighted by Crippen LogP contribution is 2.52. The lowest BCUT2D eigenvalue weighted by molar-refractivity contribution is -0.256. The SMILES string of the molecule is CCCCC(=O)OCOCC(=O)[C@]1(O)Cc2c(O)c3c(c(O)c2[C@@H](O[C@H]2C[C@H](N(C)C)[C@H](O)[C@H](C)O2)C1)C(=O)c1c(OC)cccc1C3=O. The number of benzene rings is 2. The van der Waals surface area contributed by atoms with E-state index in [1.165, 1.54) is 25.3 Å². The van der Waals surface area contributed by atoms with Crippen LogP contribution < -0.4 is 4.74 Å². The van der Waals surface area contributed by atoms with Crippen molar-refractivity contribution in [2.45, 2.75) is 88.6 Å². The molecule has 1 fully saturated rings. The Morgan fingerprint density at radius 3 is 2.47 bits per heavy atom. The number of aliphatic hydroxyl groups is 2. The summed E-state index contributed by atoms with van der Waals surface area (Å²) in [5, 5.41) is 46.0. The van der Waals surface area contributed by atoms with Crippen molar-refractivity contribution in [2.24, 2.45) is 0 Å². The molecule has 49 heavy (non-hydrogen) atoms. The maximum atomic E-state index is 13.9. The molecule has 266 valence electrons. The van der Waals surface area contributed by atoms with Gasteiger partial charge in [-0.2, -0.15) is 0 Å². The molecule has 0 unspecified atom stereocenters. The number of hydrogen-bond donors (Lipinski definition) is 4. The van der Waals surface area contributed by atoms with Crippen LogP contribution in [0.1, 0.15) is 95.0 Å². The van der Waals surface area contributed by atoms with Gasteiger partial charge in [-0.15, -0.1) is 0 Å². The number of ether oxygens (including phenoxy) is 5. The molecule has 2 aromatic carbocycles. The first-order valence-corrected chi connectivity index (χ1v) is 16.2. The summed E-state index contributed by atoms with van der Waals surface area (Å²) in [6, 6.07) is 3.99. The van der Waals surface area contributed by atoms with Gasteiger partial charge in [-0.05, 0) is 33.5 Å². The summed E-state index contributed by atoms with van der Waals surface area (Å²) in [5.74, 6) is -4.13. The molecule has 1 saturated heterocycles. The van der Waals surface area contributed by atoms with Crippen LogP contribution in [-0.4, -0.2) is 113 Å². The van der Waals surface area contributed by atoms with E-state index in [9.17, 15) is 39.6 Å². The van der Waals surface area contributed by atoms with Gasteiger partial charge in [0.25, 0.3) is 0 Å². The summed E-state index contributed by atoms with van der Waals surface area (Å²) >= 11 is 0. The highest BCUT2D eigenvalue weighted by molar-refractivity contribution is 6.31. The maximum absolute atomic E-state index is 13.9. The van der Waals surface area contributed by atoms with Gasteiger partial charge in [-0.3, -0.25) is 19.2 Å². The van der Waals surface area contributed by atoms with Crippen molar-refractivity contribution in [2.75, 3.05) is 34.6 Å². The van der Waals surface area contributed by atoms with Crippen molar-refractivity contribution in [3.8, 4) is 17.2 Å². The van der Waals surface area contributed by atoms with Crippen molar-refractivity contribution >= 4 is 23.3 Å². The largest absolute Gasteiger partial charge is 0.507 e. The molecule has 1 heterocycles. The monoisotopic (exact) mass is 685 g/mol. The van der Waals surface area contributed by atoms with E-state index < -0.39 is 108 Å². The van der Waals surface area contributed by atoms with E-state index in [0.717, 1.165) is 6.42 Å². The summed E-state index contributed by atoms with van der Waals surface area (Å²) in [7, 11) is 4.89. The zero-order valence-electron chi connectivity index (χ0n) is 28.2. The summed E-state index contributed by atoms with van der Waals surface area (Å²) in [4.78, 5) is 54.9. The quantitative estimate of drug-likeness (QED) is 0.0937. The summed E-state index contributed by atoms with van der Waals surface area (Å²) < 4.78 is 27.8. The predicted octanol–water partition coefficient (Wildman–Crippen LogP) is 2.32. The Labute approximate surface area is 283 Å². The Morgan fingerprint density at radius 1 is 1.08 bits per heavy atom. The van der Waals surface area contributed by atoms with E-state index >= 15 is 0 Å². The second-order valence-electron chi connectivity index (χ2n) is 13.0. The number of aliphatic hydroxyl groups excluding tert-OH is 1. The molecular formula is C35H43NO13. The molecule has 6 atom stereocenters. The molecule has 0 aromatic heterocycles. The minimum absolute atomic E-state index is 0.0544. The van der Waals surface area contributed by atoms with Crippen LogP contribution in [0, 0.1) is 0 Å². The zero-order chi connectivity index (χ0) is 35.8. The van der Waals surface area contributed by atoms with Crippen LogP contribution in [0.5, 0.6) is 17.2 Å². The van der Waals surface area contributed by atoms with E-state index in [-0.39, 0.29) is 40.8 Å². The number of methoxy groups -OCH3 is 1. The number of rotatable bonds is 12. The lowest BCUT2D eigenvalue weighted by Crippen LogP contribution is -2.54. The second-order valence-corrected chi connectivity index (χ2v) is 13.0. The molecule has 14 heteroatoms. The Bertz CT molecular complexity index is 1640. The van der Waals surface area contributed by atoms with Gasteiger partial charge >= 0.3 is 5.97 Å². The van der Waals surface area contributed by atoms with Crippen molar-refractivity contribution in [3.63, 3.8) is 0 Å². The zero-order valence-corrected chi connectivity index (χ0v) is 28.2. The normalized spacial score (nSPS) is 26.2. The first kappa shape index (κ1) is 36.4. The number of fused-ring (bicyclic) bond motifs is 3. The van der Waals surface area contributed by atoms with Gasteiger partial charge in [0.15, 0.2) is 24.6 Å². The number of esters is 1. The van der Waals surface area contributed by atoms with Crippen LogP contribution in [0.4, 0.5) is 0 Å². The van der Waals surface area contributed by atoms with Gasteiger partial charge in [-0.1, -0.05) is 25.5 Å². The average Bonchev–Trinajstić information content (AvgIpc) is 3.06. The number of phenols is 2. The Balaban J connectivity index is 1.54. The Hall–Kier alpha value is -3.92. The molecule has 4 N–H and O–H groups in total. The predicted molar refractivity (Wildman–Crippen MR) is 171 cm³/mol. The number of likely N-dealkylation sites (N-methyl/N-ethyl adjacent to an activating group) is 1. The molecule has 0 bridgehead atoms. The van der Waals surface area contributed by atoms with Gasteiger partial charge in [-0.25, -0.2) is 0 Å². The third-order valence-electron chi connectivity index (χ3n) is 9.52. The van der Waals surface area contributed by atoms with Gasteiger partial charge in [0.05, 0.1) is 42.1 Å². The third kappa shape index (κ3) is 6.81. The van der Waals surface area contributed by atoms with Crippen molar-refractivity contribution in [3.05, 3.63) is 51.6 Å². The minimum Gasteiger partial charge on any atom is -0.507 e.